The summed E-state index contributed by atoms with van der Waals surface area (Å²) >= 11 is 2.15. The Bertz CT molecular complexity index is 519. The largest absolute Gasteiger partial charge is 0.379 e. The topological polar surface area (TPSA) is 70.7 Å². The lowest BCUT2D eigenvalue weighted by Gasteiger charge is -2.26. The van der Waals surface area contributed by atoms with Crippen LogP contribution >= 0.6 is 22.6 Å². The Morgan fingerprint density at radius 1 is 1.23 bits per heavy atom. The zero-order valence-corrected chi connectivity index (χ0v) is 14.5. The van der Waals surface area contributed by atoms with Crippen molar-refractivity contribution in [3.05, 3.63) is 33.4 Å². The number of nitrogens with one attached hydrogen (secondary N) is 2. The molecule has 1 aromatic rings. The SMILES string of the molecule is O=C(CNC(=O)c1cccc(I)c1)NCCN1CCOCC1. The molecule has 22 heavy (non-hydrogen) atoms. The maximum absolute atomic E-state index is 11.9. The van der Waals surface area contributed by atoms with Crippen molar-refractivity contribution in [3.63, 3.8) is 0 Å². The lowest BCUT2D eigenvalue weighted by atomic mass is 10.2. The second-order valence-electron chi connectivity index (χ2n) is 5.00. The Kier molecular flexibility index (Phi) is 7.07. The van der Waals surface area contributed by atoms with E-state index in [1.54, 1.807) is 12.1 Å². The molecule has 0 aliphatic carbocycles. The molecule has 1 aliphatic heterocycles. The van der Waals surface area contributed by atoms with Crippen LogP contribution in [0, 0.1) is 3.57 Å². The third-order valence-corrected chi connectivity index (χ3v) is 4.02. The van der Waals surface area contributed by atoms with Gasteiger partial charge in [0.2, 0.25) is 5.91 Å². The third kappa shape index (κ3) is 5.90. The van der Waals surface area contributed by atoms with E-state index in [9.17, 15) is 9.59 Å². The van der Waals surface area contributed by atoms with Gasteiger partial charge < -0.3 is 15.4 Å². The van der Waals surface area contributed by atoms with Crippen LogP contribution in [0.2, 0.25) is 0 Å². The average Bonchev–Trinajstić information content (AvgIpc) is 2.53. The van der Waals surface area contributed by atoms with Crippen molar-refractivity contribution in [3.8, 4) is 0 Å². The molecule has 2 amide bonds. The van der Waals surface area contributed by atoms with Crippen LogP contribution in [-0.4, -0.2) is 62.7 Å². The minimum atomic E-state index is -0.234. The summed E-state index contributed by atoms with van der Waals surface area (Å²) in [6, 6.07) is 7.24. The van der Waals surface area contributed by atoms with Gasteiger partial charge in [-0.05, 0) is 40.8 Å². The molecule has 120 valence electrons. The van der Waals surface area contributed by atoms with Crippen LogP contribution in [0.3, 0.4) is 0 Å². The summed E-state index contributed by atoms with van der Waals surface area (Å²) < 4.78 is 6.25. The lowest BCUT2D eigenvalue weighted by molar-refractivity contribution is -0.120. The molecule has 1 heterocycles. The summed E-state index contributed by atoms with van der Waals surface area (Å²) in [5.74, 6) is -0.408. The second-order valence-corrected chi connectivity index (χ2v) is 6.24. The minimum Gasteiger partial charge on any atom is -0.379 e. The van der Waals surface area contributed by atoms with Crippen LogP contribution in [-0.2, 0) is 9.53 Å². The number of hydrogen-bond donors (Lipinski definition) is 2. The van der Waals surface area contributed by atoms with Gasteiger partial charge in [-0.2, -0.15) is 0 Å². The van der Waals surface area contributed by atoms with E-state index in [0.29, 0.717) is 12.1 Å². The smallest absolute Gasteiger partial charge is 0.251 e. The predicted octanol–water partition coefficient (Wildman–Crippen LogP) is 0.469. The van der Waals surface area contributed by atoms with Gasteiger partial charge >= 0.3 is 0 Å². The number of carbonyl (C=O) groups excluding carboxylic acids is 2. The zero-order valence-electron chi connectivity index (χ0n) is 12.3. The zero-order chi connectivity index (χ0) is 15.8. The van der Waals surface area contributed by atoms with E-state index >= 15 is 0 Å². The molecule has 6 nitrogen and oxygen atoms in total. The van der Waals surface area contributed by atoms with Crippen LogP contribution in [0.1, 0.15) is 10.4 Å². The van der Waals surface area contributed by atoms with Crippen molar-refractivity contribution in [2.75, 3.05) is 45.9 Å². The summed E-state index contributed by atoms with van der Waals surface area (Å²) in [6.07, 6.45) is 0. The molecule has 1 aromatic carbocycles. The van der Waals surface area contributed by atoms with Crippen molar-refractivity contribution in [1.82, 2.24) is 15.5 Å². The van der Waals surface area contributed by atoms with Crippen LogP contribution in [0.15, 0.2) is 24.3 Å². The van der Waals surface area contributed by atoms with E-state index in [4.69, 9.17) is 4.74 Å². The average molecular weight is 417 g/mol. The first-order valence-corrected chi connectivity index (χ1v) is 8.33. The first-order chi connectivity index (χ1) is 10.6. The molecule has 1 saturated heterocycles. The molecule has 0 saturated carbocycles. The molecule has 1 fully saturated rings. The third-order valence-electron chi connectivity index (χ3n) is 3.35. The summed E-state index contributed by atoms with van der Waals surface area (Å²) in [5.41, 5.74) is 0.563. The summed E-state index contributed by atoms with van der Waals surface area (Å²) in [6.45, 7) is 4.68. The predicted molar refractivity (Wildman–Crippen MR) is 91.8 cm³/mol. The number of rotatable bonds is 6. The van der Waals surface area contributed by atoms with Crippen molar-refractivity contribution >= 4 is 34.4 Å². The monoisotopic (exact) mass is 417 g/mol. The molecule has 2 N–H and O–H groups in total. The molecule has 0 spiro atoms. The first-order valence-electron chi connectivity index (χ1n) is 7.26. The van der Waals surface area contributed by atoms with E-state index < -0.39 is 0 Å². The minimum absolute atomic E-state index is 0.00653. The highest BCUT2D eigenvalue weighted by Gasteiger charge is 2.11. The van der Waals surface area contributed by atoms with Gasteiger partial charge in [0.1, 0.15) is 0 Å². The van der Waals surface area contributed by atoms with Crippen molar-refractivity contribution in [2.45, 2.75) is 0 Å². The normalized spacial score (nSPS) is 15.3. The Hall–Kier alpha value is -1.19. The molecule has 0 aromatic heterocycles. The van der Waals surface area contributed by atoms with Gasteiger partial charge in [0.25, 0.3) is 5.91 Å². The highest BCUT2D eigenvalue weighted by atomic mass is 127. The number of carbonyl (C=O) groups is 2. The molecule has 0 bridgehead atoms. The van der Waals surface area contributed by atoms with Gasteiger partial charge in [-0.1, -0.05) is 6.07 Å². The standard InChI is InChI=1S/C15H20IN3O3/c16-13-3-1-2-12(10-13)15(21)18-11-14(20)17-4-5-19-6-8-22-9-7-19/h1-3,10H,4-9,11H2,(H,17,20)(H,18,21). The van der Waals surface area contributed by atoms with E-state index in [1.807, 2.05) is 12.1 Å². The highest BCUT2D eigenvalue weighted by molar-refractivity contribution is 14.1. The number of benzene rings is 1. The first kappa shape index (κ1) is 17.2. The lowest BCUT2D eigenvalue weighted by Crippen LogP contribution is -2.43. The number of hydrogen-bond acceptors (Lipinski definition) is 4. The second kappa shape index (κ2) is 9.06. The van der Waals surface area contributed by atoms with Gasteiger partial charge in [0.05, 0.1) is 19.8 Å². The Morgan fingerprint density at radius 3 is 2.73 bits per heavy atom. The summed E-state index contributed by atoms with van der Waals surface area (Å²) in [5, 5.41) is 5.44. The van der Waals surface area contributed by atoms with Gasteiger partial charge in [-0.25, -0.2) is 0 Å². The Balaban J connectivity index is 1.63. The summed E-state index contributed by atoms with van der Waals surface area (Å²) in [7, 11) is 0. The summed E-state index contributed by atoms with van der Waals surface area (Å²) in [4.78, 5) is 25.9. The number of morpholine rings is 1. The number of ether oxygens (including phenoxy) is 1. The molecular weight excluding hydrogens is 397 g/mol. The fourth-order valence-corrected chi connectivity index (χ4v) is 2.68. The molecule has 1 aliphatic rings. The van der Waals surface area contributed by atoms with Crippen LogP contribution in [0.4, 0.5) is 0 Å². The highest BCUT2D eigenvalue weighted by Crippen LogP contribution is 2.07. The van der Waals surface area contributed by atoms with E-state index in [-0.39, 0.29) is 18.4 Å². The van der Waals surface area contributed by atoms with Crippen LogP contribution < -0.4 is 10.6 Å². The van der Waals surface area contributed by atoms with E-state index in [1.165, 1.54) is 0 Å². The maximum atomic E-state index is 11.9. The number of nitrogens with zero attached hydrogens (tertiary/aromatic N) is 1. The van der Waals surface area contributed by atoms with Crippen molar-refractivity contribution in [1.29, 1.82) is 0 Å². The van der Waals surface area contributed by atoms with Crippen LogP contribution in [0.5, 0.6) is 0 Å². The molecule has 2 rings (SSSR count). The number of amides is 2. The molecule has 0 atom stereocenters. The van der Waals surface area contributed by atoms with Crippen molar-refractivity contribution < 1.29 is 14.3 Å². The fourth-order valence-electron chi connectivity index (χ4n) is 2.13. The molecule has 7 heteroatoms. The van der Waals surface area contributed by atoms with Crippen LogP contribution in [0.25, 0.3) is 0 Å². The van der Waals surface area contributed by atoms with Gasteiger partial charge in [-0.3, -0.25) is 14.5 Å². The van der Waals surface area contributed by atoms with E-state index in [0.717, 1.165) is 36.4 Å². The fraction of sp³-hybridized carbons (Fsp3) is 0.467. The number of halogens is 1. The molecule has 0 radical (unpaired) electrons. The molecular formula is C15H20IN3O3. The van der Waals surface area contributed by atoms with Gasteiger partial charge in [0.15, 0.2) is 0 Å². The van der Waals surface area contributed by atoms with Gasteiger partial charge in [-0.15, -0.1) is 0 Å². The van der Waals surface area contributed by atoms with E-state index in [2.05, 4.69) is 38.1 Å². The Labute approximate surface area is 143 Å². The Morgan fingerprint density at radius 2 is 2.00 bits per heavy atom. The molecule has 0 unspecified atom stereocenters. The quantitative estimate of drug-likeness (QED) is 0.661. The van der Waals surface area contributed by atoms with Crippen molar-refractivity contribution in [2.24, 2.45) is 0 Å². The van der Waals surface area contributed by atoms with Gasteiger partial charge in [0, 0.05) is 35.3 Å². The maximum Gasteiger partial charge on any atom is 0.251 e.